The molecule has 0 bridgehead atoms. The summed E-state index contributed by atoms with van der Waals surface area (Å²) in [4.78, 5) is 2.49. The van der Waals surface area contributed by atoms with E-state index in [1.54, 1.807) is 12.1 Å². The van der Waals surface area contributed by atoms with Gasteiger partial charge in [0.15, 0.2) is 0 Å². The van der Waals surface area contributed by atoms with Crippen LogP contribution in [0.15, 0.2) is 42.7 Å². The SMILES string of the molecule is CC(c1ccccc1F)N(CCCCCn1cccn1)C1CC1. The van der Waals surface area contributed by atoms with Crippen molar-refractivity contribution in [1.82, 2.24) is 14.7 Å². The molecule has 1 heterocycles. The Morgan fingerprint density at radius 2 is 2.04 bits per heavy atom. The highest BCUT2D eigenvalue weighted by Crippen LogP contribution is 2.35. The second-order valence-electron chi connectivity index (χ2n) is 6.50. The Bertz CT molecular complexity index is 592. The summed E-state index contributed by atoms with van der Waals surface area (Å²) in [6.45, 7) is 4.18. The second-order valence-corrected chi connectivity index (χ2v) is 6.50. The van der Waals surface area contributed by atoms with Crippen molar-refractivity contribution in [3.05, 3.63) is 54.1 Å². The van der Waals surface area contributed by atoms with Gasteiger partial charge in [0, 0.05) is 36.6 Å². The molecule has 0 spiro atoms. The fourth-order valence-corrected chi connectivity index (χ4v) is 3.27. The van der Waals surface area contributed by atoms with Gasteiger partial charge in [0.1, 0.15) is 5.82 Å². The summed E-state index contributed by atoms with van der Waals surface area (Å²) in [6.07, 6.45) is 9.84. The number of hydrogen-bond donors (Lipinski definition) is 0. The van der Waals surface area contributed by atoms with E-state index in [0.717, 1.165) is 31.5 Å². The van der Waals surface area contributed by atoms with Gasteiger partial charge in [-0.3, -0.25) is 9.58 Å². The van der Waals surface area contributed by atoms with Crippen LogP contribution in [0.5, 0.6) is 0 Å². The van der Waals surface area contributed by atoms with Crippen LogP contribution in [0, 0.1) is 5.82 Å². The molecule has 1 fully saturated rings. The van der Waals surface area contributed by atoms with E-state index >= 15 is 0 Å². The summed E-state index contributed by atoms with van der Waals surface area (Å²) in [5.74, 6) is -0.0793. The molecule has 1 aliphatic carbocycles. The summed E-state index contributed by atoms with van der Waals surface area (Å²) >= 11 is 0. The first kappa shape index (κ1) is 16.2. The number of halogens is 1. The normalized spacial score (nSPS) is 16.0. The van der Waals surface area contributed by atoms with Crippen molar-refractivity contribution in [3.8, 4) is 0 Å². The summed E-state index contributed by atoms with van der Waals surface area (Å²) in [5.41, 5.74) is 0.830. The summed E-state index contributed by atoms with van der Waals surface area (Å²) < 4.78 is 16.0. The summed E-state index contributed by atoms with van der Waals surface area (Å²) in [6, 6.07) is 9.97. The molecule has 0 aliphatic heterocycles. The van der Waals surface area contributed by atoms with Crippen molar-refractivity contribution in [1.29, 1.82) is 0 Å². The molecule has 0 amide bonds. The molecule has 1 aliphatic rings. The maximum absolute atomic E-state index is 14.0. The molecule has 23 heavy (non-hydrogen) atoms. The topological polar surface area (TPSA) is 21.1 Å². The van der Waals surface area contributed by atoms with Crippen molar-refractivity contribution in [2.45, 2.75) is 57.7 Å². The lowest BCUT2D eigenvalue weighted by atomic mass is 10.1. The minimum atomic E-state index is -0.0793. The number of aromatic nitrogens is 2. The number of benzene rings is 1. The van der Waals surface area contributed by atoms with Crippen LogP contribution in [0.2, 0.25) is 0 Å². The lowest BCUT2D eigenvalue weighted by Crippen LogP contribution is -2.30. The van der Waals surface area contributed by atoms with Gasteiger partial charge in [0.25, 0.3) is 0 Å². The monoisotopic (exact) mass is 315 g/mol. The molecule has 3 rings (SSSR count). The molecule has 4 heteroatoms. The van der Waals surface area contributed by atoms with E-state index in [9.17, 15) is 4.39 Å². The van der Waals surface area contributed by atoms with E-state index in [4.69, 9.17) is 0 Å². The van der Waals surface area contributed by atoms with Crippen molar-refractivity contribution in [2.75, 3.05) is 6.54 Å². The molecule has 0 saturated heterocycles. The van der Waals surface area contributed by atoms with E-state index in [1.807, 2.05) is 35.3 Å². The van der Waals surface area contributed by atoms with E-state index < -0.39 is 0 Å². The standard InChI is InChI=1S/C19H26FN3/c1-16(18-8-3-4-9-19(18)20)23(17-10-11-17)15-6-2-5-13-22-14-7-12-21-22/h3-4,7-9,12,14,16-17H,2,5-6,10-11,13,15H2,1H3. The Balaban J connectivity index is 1.48. The Morgan fingerprint density at radius 1 is 1.22 bits per heavy atom. The predicted molar refractivity (Wildman–Crippen MR) is 90.6 cm³/mol. The van der Waals surface area contributed by atoms with Gasteiger partial charge in [-0.2, -0.15) is 5.10 Å². The molecule has 0 N–H and O–H groups in total. The highest BCUT2D eigenvalue weighted by Gasteiger charge is 2.32. The Kier molecular flexibility index (Phi) is 5.44. The largest absolute Gasteiger partial charge is 0.294 e. The molecule has 1 aromatic carbocycles. The molecule has 1 aromatic heterocycles. The smallest absolute Gasteiger partial charge is 0.127 e. The zero-order valence-corrected chi connectivity index (χ0v) is 13.9. The zero-order chi connectivity index (χ0) is 16.1. The molecule has 124 valence electrons. The lowest BCUT2D eigenvalue weighted by Gasteiger charge is -2.29. The van der Waals surface area contributed by atoms with Gasteiger partial charge in [-0.1, -0.05) is 24.6 Å². The van der Waals surface area contributed by atoms with E-state index in [2.05, 4.69) is 16.9 Å². The van der Waals surface area contributed by atoms with Crippen LogP contribution in [0.3, 0.4) is 0 Å². The average Bonchev–Trinajstić information content (AvgIpc) is 3.26. The highest BCUT2D eigenvalue weighted by molar-refractivity contribution is 5.21. The first-order valence-corrected chi connectivity index (χ1v) is 8.73. The predicted octanol–water partition coefficient (Wildman–Crippen LogP) is 4.42. The molecular formula is C19H26FN3. The van der Waals surface area contributed by atoms with Crippen LogP contribution in [0.4, 0.5) is 4.39 Å². The number of nitrogens with zero attached hydrogens (tertiary/aromatic N) is 3. The van der Waals surface area contributed by atoms with E-state index in [0.29, 0.717) is 6.04 Å². The molecule has 3 nitrogen and oxygen atoms in total. The zero-order valence-electron chi connectivity index (χ0n) is 13.9. The van der Waals surface area contributed by atoms with Crippen molar-refractivity contribution in [3.63, 3.8) is 0 Å². The Hall–Kier alpha value is -1.68. The molecular weight excluding hydrogens is 289 g/mol. The Labute approximate surface area is 138 Å². The van der Waals surface area contributed by atoms with Crippen LogP contribution in [-0.4, -0.2) is 27.3 Å². The Morgan fingerprint density at radius 3 is 2.74 bits per heavy atom. The first-order chi connectivity index (χ1) is 11.3. The summed E-state index contributed by atoms with van der Waals surface area (Å²) in [5, 5.41) is 4.23. The van der Waals surface area contributed by atoms with E-state index in [1.165, 1.54) is 19.3 Å². The number of unbranched alkanes of at least 4 members (excludes halogenated alkanes) is 2. The highest BCUT2D eigenvalue weighted by atomic mass is 19.1. The molecule has 1 unspecified atom stereocenters. The molecule has 1 atom stereocenters. The molecule has 0 radical (unpaired) electrons. The minimum Gasteiger partial charge on any atom is -0.294 e. The quantitative estimate of drug-likeness (QED) is 0.639. The second kappa shape index (κ2) is 7.73. The fourth-order valence-electron chi connectivity index (χ4n) is 3.27. The van der Waals surface area contributed by atoms with Gasteiger partial charge in [0.05, 0.1) is 0 Å². The maximum atomic E-state index is 14.0. The third-order valence-electron chi connectivity index (χ3n) is 4.73. The van der Waals surface area contributed by atoms with Crippen LogP contribution < -0.4 is 0 Å². The first-order valence-electron chi connectivity index (χ1n) is 8.73. The summed E-state index contributed by atoms with van der Waals surface area (Å²) in [7, 11) is 0. The third kappa shape index (κ3) is 4.41. The molecule has 1 saturated carbocycles. The van der Waals surface area contributed by atoms with Crippen molar-refractivity contribution >= 4 is 0 Å². The van der Waals surface area contributed by atoms with E-state index in [-0.39, 0.29) is 11.9 Å². The average molecular weight is 315 g/mol. The number of rotatable bonds is 9. The van der Waals surface area contributed by atoms with Crippen molar-refractivity contribution < 1.29 is 4.39 Å². The van der Waals surface area contributed by atoms with Gasteiger partial charge in [-0.25, -0.2) is 4.39 Å². The number of aryl methyl sites for hydroxylation is 1. The van der Waals surface area contributed by atoms with Crippen LogP contribution in [0.1, 0.15) is 50.6 Å². The van der Waals surface area contributed by atoms with Crippen molar-refractivity contribution in [2.24, 2.45) is 0 Å². The third-order valence-corrected chi connectivity index (χ3v) is 4.73. The van der Waals surface area contributed by atoms with Gasteiger partial charge in [-0.15, -0.1) is 0 Å². The van der Waals surface area contributed by atoms with Gasteiger partial charge in [-0.05, 0) is 51.3 Å². The van der Waals surface area contributed by atoms with Crippen LogP contribution in [0.25, 0.3) is 0 Å². The fraction of sp³-hybridized carbons (Fsp3) is 0.526. The van der Waals surface area contributed by atoms with Crippen LogP contribution in [-0.2, 0) is 6.54 Å². The number of hydrogen-bond acceptors (Lipinski definition) is 2. The minimum absolute atomic E-state index is 0.0793. The van der Waals surface area contributed by atoms with Gasteiger partial charge < -0.3 is 0 Å². The lowest BCUT2D eigenvalue weighted by molar-refractivity contribution is 0.191. The van der Waals surface area contributed by atoms with Gasteiger partial charge >= 0.3 is 0 Å². The maximum Gasteiger partial charge on any atom is 0.127 e. The van der Waals surface area contributed by atoms with Crippen LogP contribution >= 0.6 is 0 Å². The van der Waals surface area contributed by atoms with Gasteiger partial charge in [0.2, 0.25) is 0 Å². The molecule has 2 aromatic rings.